The van der Waals surface area contributed by atoms with Crippen molar-refractivity contribution >= 4 is 121 Å². The molecule has 0 heterocycles. The molecule has 0 bridgehead atoms. The largest absolute Gasteiger partial charge is 0.463 e. The van der Waals surface area contributed by atoms with Gasteiger partial charge in [-0.25, -0.2) is 24.0 Å². The van der Waals surface area contributed by atoms with Gasteiger partial charge in [-0.05, 0) is 143 Å². The number of carbonyl (C=O) groups is 12. The van der Waals surface area contributed by atoms with Crippen LogP contribution in [0.2, 0.25) is 0 Å². The van der Waals surface area contributed by atoms with Crippen LogP contribution in [-0.2, 0) is 132 Å². The first-order valence-electron chi connectivity index (χ1n) is 36.0. The molecule has 0 spiro atoms. The van der Waals surface area contributed by atoms with Gasteiger partial charge in [0.05, 0.1) is 43.7 Å². The Balaban J connectivity index is -0.000000138. The highest BCUT2D eigenvalue weighted by molar-refractivity contribution is 7.86. The summed E-state index contributed by atoms with van der Waals surface area (Å²) in [6.07, 6.45) is 24.7. The Hall–Kier alpha value is -8.47. The lowest BCUT2D eigenvalue weighted by molar-refractivity contribution is -0.140. The monoisotopic (exact) mass is 1800 g/mol. The molecule has 0 amide bonds. The van der Waals surface area contributed by atoms with Gasteiger partial charge in [-0.3, -0.25) is 51.5 Å². The van der Waals surface area contributed by atoms with Crippen LogP contribution in [0.15, 0.2) is 139 Å². The number of unbranched alkanes of at least 4 members (excludes halogenated alkanes) is 4. The summed E-state index contributed by atoms with van der Waals surface area (Å²) in [5, 5.41) is 42.0. The minimum atomic E-state index is -4.22. The molecular weight excluding hydrogens is 1680 g/mol. The Morgan fingerprint density at radius 3 is 0.966 bits per heavy atom. The summed E-state index contributed by atoms with van der Waals surface area (Å²) in [6.45, 7) is 45.1. The fourth-order valence-corrected chi connectivity index (χ4v) is 10.3. The summed E-state index contributed by atoms with van der Waals surface area (Å²) in [4.78, 5) is 126. The number of aliphatic hydroxyl groups excluding tert-OH is 5. The molecule has 0 aromatic rings. The maximum atomic E-state index is 11.0. The molecule has 0 aliphatic heterocycles. The predicted octanol–water partition coefficient (Wildman–Crippen LogP) is 7.07. The first kappa shape index (κ1) is 131. The first-order chi connectivity index (χ1) is 54.8. The molecule has 1 fully saturated rings. The molecule has 1 saturated carbocycles. The normalized spacial score (nSPS) is 12.3. The Kier molecular flexibility index (Phi) is 90.3. The molecule has 0 aromatic heterocycles. The molecule has 0 saturated heterocycles. The van der Waals surface area contributed by atoms with Crippen LogP contribution in [0.5, 0.6) is 0 Å². The van der Waals surface area contributed by atoms with Gasteiger partial charge < -0.3 is 54.0 Å². The van der Waals surface area contributed by atoms with Gasteiger partial charge in [-0.1, -0.05) is 106 Å². The van der Waals surface area contributed by atoms with Crippen molar-refractivity contribution in [3.8, 4) is 0 Å². The van der Waals surface area contributed by atoms with Crippen LogP contribution >= 0.6 is 0 Å². The molecule has 0 aromatic carbocycles. The summed E-state index contributed by atoms with van der Waals surface area (Å²) in [7, 11) is -20.1. The molecular formula is C77H128O37S5. The summed E-state index contributed by atoms with van der Waals surface area (Å²) in [5.74, 6) is -4.96. The Bertz CT molecular complexity index is 3660. The van der Waals surface area contributed by atoms with E-state index < -0.39 is 103 Å². The third kappa shape index (κ3) is 128. The minimum Gasteiger partial charge on any atom is -0.463 e. The van der Waals surface area contributed by atoms with E-state index in [1.54, 1.807) is 20.8 Å². The zero-order chi connectivity index (χ0) is 94.9. The number of allylic oxidation sites excluding steroid dienone is 6. The second-order valence-corrected chi connectivity index (χ2v) is 33.2. The van der Waals surface area contributed by atoms with Gasteiger partial charge in [0, 0.05) is 102 Å². The molecule has 0 radical (unpaired) electrons. The van der Waals surface area contributed by atoms with E-state index in [0.717, 1.165) is 81.7 Å². The number of hydrogen-bond donors (Lipinski definition) is 10. The zero-order valence-electron chi connectivity index (χ0n) is 68.9. The second-order valence-electron chi connectivity index (χ2n) is 25.6. The summed E-state index contributed by atoms with van der Waals surface area (Å²) >= 11 is 0. The highest BCUT2D eigenvalue weighted by Crippen LogP contribution is 2.29. The number of esters is 5. The molecule has 42 heteroatoms. The van der Waals surface area contributed by atoms with Gasteiger partial charge in [-0.2, -0.15) is 42.1 Å². The van der Waals surface area contributed by atoms with Crippen LogP contribution in [0.1, 0.15) is 163 Å². The molecule has 688 valence electrons. The number of carbonyl (C=O) groups excluding carboxylic acids is 12. The molecule has 1 rings (SSSR count). The van der Waals surface area contributed by atoms with Crippen molar-refractivity contribution in [2.45, 2.75) is 163 Å². The SMILES string of the molecule is C=CC(=O)CC(C)(C)CC(C)=O.C=CC(=O)CC(C)(C)CS(=O)(=O)O.C=CC(=O)CCCCCO.C=CC(=O)CCCCO.C=CC(=O)CCCO.C=CC(=O)CCO.C=CC(=O)OCC1CCC(CO)CC1.C=CC(=O)OCCCCS(=O)(=O)O.C=CC(=O)OCCCS(=O)(=O)O.C=CC(=O)OCCS(=O)(=O)O.C=CC(=O)OCS(=O)(=O)O. The van der Waals surface area contributed by atoms with Gasteiger partial charge >= 0.3 is 40.0 Å². The van der Waals surface area contributed by atoms with Crippen LogP contribution in [0.25, 0.3) is 0 Å². The van der Waals surface area contributed by atoms with Crippen LogP contribution in [0.3, 0.4) is 0 Å². The number of ether oxygens (including phenoxy) is 5. The van der Waals surface area contributed by atoms with E-state index in [0.29, 0.717) is 76.4 Å². The average molecular weight is 1810 g/mol. The third-order valence-electron chi connectivity index (χ3n) is 13.1. The Morgan fingerprint density at radius 2 is 0.639 bits per heavy atom. The van der Waals surface area contributed by atoms with Gasteiger partial charge in [0.25, 0.3) is 40.5 Å². The van der Waals surface area contributed by atoms with E-state index in [2.05, 4.69) is 91.3 Å². The van der Waals surface area contributed by atoms with Crippen molar-refractivity contribution in [2.24, 2.45) is 22.7 Å². The summed E-state index contributed by atoms with van der Waals surface area (Å²) in [6, 6.07) is 0. The molecule has 0 atom stereocenters. The minimum absolute atomic E-state index is 0.000880. The first-order valence-corrected chi connectivity index (χ1v) is 44.1. The van der Waals surface area contributed by atoms with E-state index in [4.69, 9.17) is 53.0 Å². The molecule has 10 N–H and O–H groups in total. The molecule has 119 heavy (non-hydrogen) atoms. The standard InChI is InChI=1S/C11H18O3.C10H16O2.C8H14O4S.C8H14O2.C7H12O5S.C7H12O2.C6H10O5S.C6H10O2.C5H8O5S.C5H8O2.C4H6O5S/c1-2-11(13)14-8-10-5-3-9(7-12)4-6-10;1-5-9(12)7-10(3,4)6-8(2)11;1-4-7(9)5-8(2,3)6-13(10,11)12;1-2-8(10)6-4-3-5-7-9;1-2-7(8)12-5-3-4-6-13(9,10)11;1-2-7(9)5-3-4-6-8;1-2-6(7)11-4-3-5-12(8,9)10;1-2-6(8)4-3-5-7;1-2-5(6)10-3-4-11(7,8)9;1-2-5(7)3-4-6;1-2-4(5)9-3-10(6,7)8/h2,9-10,12H,1,3-8H2;5H,1,6-7H2,2-4H3;4H,1,5-6H2,2-3H3,(H,10,11,12);2,9H,1,3-7H2;2H,1,3-6H2,(H,9,10,11);2,8H,1,3-6H2;2H,1,3-5H2,(H,8,9,10);2,7H,1,3-5H2;2H,1,3-4H2,(H,7,8,9);2,6H,1,3-4H2;2H,1,3H2,(H,6,7,8). The van der Waals surface area contributed by atoms with Crippen molar-refractivity contribution in [2.75, 3.05) is 88.4 Å². The van der Waals surface area contributed by atoms with E-state index in [-0.39, 0.29) is 130 Å². The maximum Gasteiger partial charge on any atom is 0.331 e. The maximum absolute atomic E-state index is 11.0. The van der Waals surface area contributed by atoms with Crippen LogP contribution in [-0.4, -0.2) is 249 Å². The molecule has 1 aliphatic carbocycles. The number of ketones is 7. The highest BCUT2D eigenvalue weighted by Gasteiger charge is 2.27. The molecule has 1 aliphatic rings. The average Bonchev–Trinajstić information content (AvgIpc) is 0.898. The van der Waals surface area contributed by atoms with E-state index in [1.807, 2.05) is 13.8 Å². The van der Waals surface area contributed by atoms with Gasteiger partial charge in [0.15, 0.2) is 34.7 Å². The second kappa shape index (κ2) is 81.9. The number of rotatable bonds is 50. The van der Waals surface area contributed by atoms with Crippen LogP contribution in [0, 0.1) is 22.7 Å². The topological polar surface area (TPSA) is 624 Å². The molecule has 37 nitrogen and oxygen atoms in total. The van der Waals surface area contributed by atoms with Gasteiger partial charge in [0.1, 0.15) is 18.1 Å². The lowest BCUT2D eigenvalue weighted by atomic mass is 9.83. The fourth-order valence-electron chi connectivity index (χ4n) is 7.57. The number of hydrogen-bond acceptors (Lipinski definition) is 32. The summed E-state index contributed by atoms with van der Waals surface area (Å²) < 4.78 is 165. The van der Waals surface area contributed by atoms with Gasteiger partial charge in [-0.15, -0.1) is 0 Å². The fraction of sp³-hybridized carbons (Fsp3) is 0.558. The summed E-state index contributed by atoms with van der Waals surface area (Å²) in [5.41, 5.74) is -0.976. The van der Waals surface area contributed by atoms with Gasteiger partial charge in [0.2, 0.25) is 5.94 Å². The quantitative estimate of drug-likeness (QED) is 0.00956. The van der Waals surface area contributed by atoms with Crippen molar-refractivity contribution in [3.05, 3.63) is 139 Å². The smallest absolute Gasteiger partial charge is 0.331 e. The van der Waals surface area contributed by atoms with Crippen LogP contribution < -0.4 is 0 Å². The van der Waals surface area contributed by atoms with Crippen molar-refractivity contribution < 1.29 is 172 Å². The lowest BCUT2D eigenvalue weighted by Gasteiger charge is -2.26. The van der Waals surface area contributed by atoms with Crippen molar-refractivity contribution in [3.63, 3.8) is 0 Å². The molecule has 0 unspecified atom stereocenters. The van der Waals surface area contributed by atoms with E-state index in [1.165, 1.54) is 36.5 Å². The third-order valence-corrected chi connectivity index (χ3v) is 17.0. The van der Waals surface area contributed by atoms with Crippen molar-refractivity contribution in [1.82, 2.24) is 0 Å². The van der Waals surface area contributed by atoms with E-state index >= 15 is 0 Å². The van der Waals surface area contributed by atoms with E-state index in [9.17, 15) is 99.6 Å². The number of Topliss-reactive ketones (excluding diaryl/α,β-unsaturated/α-hetero) is 1. The van der Waals surface area contributed by atoms with Crippen molar-refractivity contribution in [1.29, 1.82) is 0 Å². The lowest BCUT2D eigenvalue weighted by Crippen LogP contribution is -2.26. The highest BCUT2D eigenvalue weighted by atomic mass is 32.2. The zero-order valence-corrected chi connectivity index (χ0v) is 72.9. The Labute approximate surface area is 702 Å². The predicted molar refractivity (Wildman–Crippen MR) is 447 cm³/mol. The number of aliphatic hydroxyl groups is 5. The Morgan fingerprint density at radius 1 is 0.319 bits per heavy atom. The van der Waals surface area contributed by atoms with Crippen LogP contribution in [0.4, 0.5) is 0 Å².